The molecule has 0 aromatic heterocycles. The van der Waals surface area contributed by atoms with Gasteiger partial charge in [0.05, 0.1) is 0 Å². The summed E-state index contributed by atoms with van der Waals surface area (Å²) in [5.41, 5.74) is 0.643. The molecule has 7 saturated carbocycles. The van der Waals surface area contributed by atoms with Crippen molar-refractivity contribution in [1.29, 1.82) is 0 Å². The largest absolute Gasteiger partial charge is 0.482 e. The lowest BCUT2D eigenvalue weighted by atomic mass is 10.4. The van der Waals surface area contributed by atoms with E-state index in [4.69, 9.17) is 49.4 Å². The van der Waals surface area contributed by atoms with Crippen LogP contribution in [0.3, 0.4) is 0 Å². The molecule has 0 aromatic rings. The van der Waals surface area contributed by atoms with E-state index in [9.17, 15) is 0 Å². The second-order valence-electron chi connectivity index (χ2n) is 20.2. The zero-order chi connectivity index (χ0) is 37.3. The van der Waals surface area contributed by atoms with Gasteiger partial charge in [-0.05, 0) is 89.9 Å². The lowest BCUT2D eigenvalue weighted by Crippen LogP contribution is -2.90. The van der Waals surface area contributed by atoms with Gasteiger partial charge in [0.2, 0.25) is 0 Å². The van der Waals surface area contributed by atoms with Gasteiger partial charge in [-0.1, -0.05) is 89.9 Å². The maximum atomic E-state index is 8.37. The zero-order valence-corrected chi connectivity index (χ0v) is 41.7. The molecule has 314 valence electrons. The first-order valence-electron chi connectivity index (χ1n) is 23.6. The minimum atomic E-state index is -3.83. The Morgan fingerprint density at radius 1 is 0.214 bits per heavy atom. The van der Waals surface area contributed by atoms with Crippen LogP contribution in [0.1, 0.15) is 180 Å². The molecule has 13 fully saturated rings. The van der Waals surface area contributed by atoms with Gasteiger partial charge >= 0.3 is 70.4 Å². The molecule has 0 atom stereocenters. The van der Waals surface area contributed by atoms with Crippen molar-refractivity contribution >= 4 is 70.4 Å². The highest BCUT2D eigenvalue weighted by Crippen LogP contribution is 2.65. The molecule has 6 saturated heterocycles. The molecule has 6 aliphatic heterocycles. The molecule has 0 spiro atoms. The van der Waals surface area contributed by atoms with E-state index in [-0.39, 0.29) is 38.8 Å². The first-order valence-corrected chi connectivity index (χ1v) is 38.5. The van der Waals surface area contributed by atoms with E-state index in [0.717, 1.165) is 180 Å². The van der Waals surface area contributed by atoms with E-state index in [0.29, 0.717) is 0 Å². The molecule has 8 bridgehead atoms. The van der Waals surface area contributed by atoms with Gasteiger partial charge in [0.15, 0.2) is 0 Å². The third-order valence-corrected chi connectivity index (χ3v) is 55.9. The average molecular weight is 916 g/mol. The zero-order valence-electron chi connectivity index (χ0n) is 33.7. The maximum absolute atomic E-state index is 8.37. The minimum Gasteiger partial charge on any atom is -0.373 e. The van der Waals surface area contributed by atoms with E-state index >= 15 is 0 Å². The Kier molecular flexibility index (Phi) is 9.81. The third-order valence-electron chi connectivity index (χ3n) is 16.5. The molecule has 13 aliphatic rings. The highest BCUT2D eigenvalue weighted by molar-refractivity contribution is 7.04. The topological polar surface area (TPSA) is 111 Å². The molecule has 12 nitrogen and oxygen atoms in total. The van der Waals surface area contributed by atoms with Crippen LogP contribution in [0.5, 0.6) is 0 Å². The monoisotopic (exact) mass is 914 g/mol. The predicted octanol–water partition coefficient (Wildman–Crippen LogP) is 10.0. The van der Waals surface area contributed by atoms with Gasteiger partial charge in [0.25, 0.3) is 0 Å². The predicted molar refractivity (Wildman–Crippen MR) is 220 cm³/mol. The highest BCUT2D eigenvalue weighted by atomic mass is 28.6. The Bertz CT molecular complexity index is 1310. The normalized spacial score (nSPS) is 51.4. The minimum absolute atomic E-state index is 0.0880. The summed E-state index contributed by atoms with van der Waals surface area (Å²) in [7, 11) is -30.4. The van der Waals surface area contributed by atoms with Gasteiger partial charge < -0.3 is 49.4 Å². The van der Waals surface area contributed by atoms with E-state index < -0.39 is 70.4 Å². The van der Waals surface area contributed by atoms with Crippen molar-refractivity contribution in [1.82, 2.24) is 0 Å². The summed E-state index contributed by atoms with van der Waals surface area (Å²) in [5.74, 6) is 0. The Hall–Kier alpha value is 1.26. The molecule has 20 heteroatoms. The van der Waals surface area contributed by atoms with Gasteiger partial charge in [0, 0.05) is 45.3 Å². The van der Waals surface area contributed by atoms with Crippen molar-refractivity contribution in [2.24, 2.45) is 0 Å². The standard InChI is InChI=1S/C36H66O12Si8/c1-49-37-50(30-16-2-3-17-30)40-53(33-22-8-9-23-33)42-51(38-49,31-18-4-5-19-31)44-55(35-26-12-13-27-35)45-52(39-49,32-20-6-7-21-32)43-54(41-50,34-24-10-11-25-34)47-56(46-53,48-55)36-28-14-15-29-36/h30-36H,2-29H2,1H3. The van der Waals surface area contributed by atoms with E-state index in [2.05, 4.69) is 6.55 Å². The van der Waals surface area contributed by atoms with Crippen LogP contribution in [0.25, 0.3) is 0 Å². The summed E-state index contributed by atoms with van der Waals surface area (Å²) in [6, 6.07) is 0. The van der Waals surface area contributed by atoms with Gasteiger partial charge in [-0.15, -0.1) is 0 Å². The van der Waals surface area contributed by atoms with Crippen molar-refractivity contribution in [2.75, 3.05) is 0 Å². The van der Waals surface area contributed by atoms with Crippen LogP contribution in [0, 0.1) is 0 Å². The van der Waals surface area contributed by atoms with Gasteiger partial charge in [-0.25, -0.2) is 0 Å². The number of hydrogen-bond acceptors (Lipinski definition) is 12. The number of hydrogen-bond donors (Lipinski definition) is 0. The second-order valence-corrected chi connectivity index (χ2v) is 45.9. The van der Waals surface area contributed by atoms with Crippen molar-refractivity contribution in [3.8, 4) is 0 Å². The molecule has 0 aromatic carbocycles. The fourth-order valence-electron chi connectivity index (χ4n) is 13.8. The van der Waals surface area contributed by atoms with Crippen LogP contribution in [0.15, 0.2) is 0 Å². The first kappa shape index (κ1) is 38.9. The quantitative estimate of drug-likeness (QED) is 0.227. The Morgan fingerprint density at radius 3 is 0.482 bits per heavy atom. The molecule has 13 rings (SSSR count). The van der Waals surface area contributed by atoms with E-state index in [1.54, 1.807) is 0 Å². The lowest BCUT2D eigenvalue weighted by Gasteiger charge is -2.66. The van der Waals surface area contributed by atoms with Gasteiger partial charge in [-0.2, -0.15) is 0 Å². The summed E-state index contributed by atoms with van der Waals surface area (Å²) < 4.78 is 98.8. The molecule has 6 heterocycles. The van der Waals surface area contributed by atoms with Gasteiger partial charge in [-0.3, -0.25) is 0 Å². The molecular formula is C36H66O12Si8. The highest BCUT2D eigenvalue weighted by Gasteiger charge is 2.87. The van der Waals surface area contributed by atoms with Crippen LogP contribution in [-0.2, 0) is 49.4 Å². The molecule has 0 radical (unpaired) electrons. The summed E-state index contributed by atoms with van der Waals surface area (Å²) in [6.07, 6.45) is 29.8. The maximum Gasteiger partial charge on any atom is 0.482 e. The molecule has 56 heavy (non-hydrogen) atoms. The van der Waals surface area contributed by atoms with Crippen LogP contribution >= 0.6 is 0 Å². The third kappa shape index (κ3) is 6.03. The van der Waals surface area contributed by atoms with Crippen LogP contribution in [0.4, 0.5) is 0 Å². The van der Waals surface area contributed by atoms with Crippen LogP contribution < -0.4 is 0 Å². The van der Waals surface area contributed by atoms with Crippen molar-refractivity contribution in [2.45, 2.75) is 225 Å². The summed E-state index contributed by atoms with van der Waals surface area (Å²) in [4.78, 5) is 0. The summed E-state index contributed by atoms with van der Waals surface area (Å²) in [5, 5.41) is 0. The fraction of sp³-hybridized carbons (Fsp3) is 1.00. The first-order chi connectivity index (χ1) is 27.2. The molecule has 0 amide bonds. The SMILES string of the molecule is C[Si]12O[Si]3(C4CCCC4)O[Si]4(C5CCCC5)O[Si](C5CCCC5)(O1)O[Si]1(C5CCCC5)O[Si](C5CCCC5)(O2)O[Si](C2CCCC2)(O3)O[Si](C2CCCC2)(O4)O1. The van der Waals surface area contributed by atoms with Crippen LogP contribution in [0.2, 0.25) is 45.3 Å². The Morgan fingerprint density at radius 2 is 0.339 bits per heavy atom. The molecule has 0 N–H and O–H groups in total. The van der Waals surface area contributed by atoms with Gasteiger partial charge in [0.1, 0.15) is 0 Å². The Balaban J connectivity index is 1.17. The van der Waals surface area contributed by atoms with Crippen LogP contribution in [-0.4, -0.2) is 70.4 Å². The van der Waals surface area contributed by atoms with Crippen molar-refractivity contribution in [3.05, 3.63) is 0 Å². The smallest absolute Gasteiger partial charge is 0.373 e. The molecular weight excluding hydrogens is 849 g/mol. The summed E-state index contributed by atoms with van der Waals surface area (Å²) >= 11 is 0. The molecule has 0 unspecified atom stereocenters. The van der Waals surface area contributed by atoms with Crippen molar-refractivity contribution in [3.63, 3.8) is 0 Å². The number of rotatable bonds is 7. The summed E-state index contributed by atoms with van der Waals surface area (Å²) in [6.45, 7) is 2.12. The average Bonchev–Trinajstić information content (AvgIpc) is 4.02. The molecule has 7 aliphatic carbocycles. The second kappa shape index (κ2) is 14.1. The van der Waals surface area contributed by atoms with Crippen molar-refractivity contribution < 1.29 is 49.4 Å². The van der Waals surface area contributed by atoms with E-state index in [1.165, 1.54) is 0 Å². The fourth-order valence-corrected chi connectivity index (χ4v) is 69.1. The van der Waals surface area contributed by atoms with E-state index in [1.807, 2.05) is 0 Å². The lowest BCUT2D eigenvalue weighted by molar-refractivity contribution is -0.0443. The Labute approximate surface area is 343 Å².